The molecule has 2 aliphatic heterocycles. The van der Waals surface area contributed by atoms with Crippen LogP contribution >= 0.6 is 0 Å². The average molecular weight is 465 g/mol. The maximum atomic E-state index is 13.7. The molecule has 7 nitrogen and oxygen atoms in total. The Kier molecular flexibility index (Phi) is 7.02. The van der Waals surface area contributed by atoms with Gasteiger partial charge in [0.25, 0.3) is 0 Å². The van der Waals surface area contributed by atoms with Crippen LogP contribution in [0.4, 0.5) is 22.9 Å². The number of hydrogen-bond donors (Lipinski definition) is 1. The first-order valence-electron chi connectivity index (χ1n) is 12.7. The number of nitrogens with zero attached hydrogens (tertiary/aromatic N) is 3. The number of aromatic nitrogens is 1. The molecule has 182 valence electrons. The summed E-state index contributed by atoms with van der Waals surface area (Å²) in [6.45, 7) is 5.94. The maximum absolute atomic E-state index is 13.7. The minimum Gasteiger partial charge on any atom is -0.381 e. The highest BCUT2D eigenvalue weighted by Gasteiger charge is 2.35. The molecule has 3 aliphatic rings. The number of amides is 1. The molecule has 2 unspecified atom stereocenters. The van der Waals surface area contributed by atoms with Gasteiger partial charge in [0.15, 0.2) is 0 Å². The van der Waals surface area contributed by atoms with Gasteiger partial charge >= 0.3 is 0 Å². The number of morpholine rings is 1. The number of carbonyl (C=O) groups is 1. The number of nitrogens with one attached hydrogen (secondary N) is 1. The van der Waals surface area contributed by atoms with Crippen LogP contribution in [-0.4, -0.2) is 50.4 Å². The molecule has 7 heteroatoms. The van der Waals surface area contributed by atoms with E-state index < -0.39 is 0 Å². The summed E-state index contributed by atoms with van der Waals surface area (Å²) in [5.41, 5.74) is 4.00. The van der Waals surface area contributed by atoms with Crippen molar-refractivity contribution in [3.05, 3.63) is 42.1 Å². The SMILES string of the molecule is CCC1CCC(CCC(=O)N2Cc3cccnc3Nc3ccc(N4CCOCC4)cc32)[C@@H]1OC. The number of fused-ring (bicyclic) bond motifs is 2. The first kappa shape index (κ1) is 23.1. The second-order valence-corrected chi connectivity index (χ2v) is 9.66. The molecule has 0 bridgehead atoms. The number of ether oxygens (including phenoxy) is 2. The summed E-state index contributed by atoms with van der Waals surface area (Å²) in [6.07, 6.45) is 6.95. The molecule has 1 N–H and O–H groups in total. The van der Waals surface area contributed by atoms with Gasteiger partial charge in [-0.1, -0.05) is 19.4 Å². The van der Waals surface area contributed by atoms with E-state index in [0.29, 0.717) is 24.8 Å². The molecule has 34 heavy (non-hydrogen) atoms. The second-order valence-electron chi connectivity index (χ2n) is 9.66. The lowest BCUT2D eigenvalue weighted by molar-refractivity contribution is -0.119. The van der Waals surface area contributed by atoms with E-state index in [2.05, 4.69) is 40.3 Å². The third kappa shape index (κ3) is 4.64. The molecule has 0 spiro atoms. The van der Waals surface area contributed by atoms with Gasteiger partial charge in [-0.3, -0.25) is 4.79 Å². The Hall–Kier alpha value is -2.64. The van der Waals surface area contributed by atoms with E-state index in [4.69, 9.17) is 9.47 Å². The molecule has 5 rings (SSSR count). The average Bonchev–Trinajstić information content (AvgIpc) is 3.21. The maximum Gasteiger partial charge on any atom is 0.227 e. The highest BCUT2D eigenvalue weighted by molar-refractivity contribution is 5.99. The first-order chi connectivity index (χ1) is 16.7. The Morgan fingerprint density at radius 1 is 1.21 bits per heavy atom. The number of methoxy groups -OCH3 is 1. The zero-order valence-corrected chi connectivity index (χ0v) is 20.3. The summed E-state index contributed by atoms with van der Waals surface area (Å²) in [5.74, 6) is 2.05. The minimum absolute atomic E-state index is 0.161. The summed E-state index contributed by atoms with van der Waals surface area (Å²) in [5, 5.41) is 3.48. The van der Waals surface area contributed by atoms with E-state index in [9.17, 15) is 4.79 Å². The topological polar surface area (TPSA) is 66.9 Å². The zero-order valence-electron chi connectivity index (χ0n) is 20.3. The Bertz CT molecular complexity index is 1010. The van der Waals surface area contributed by atoms with Gasteiger partial charge in [0.1, 0.15) is 5.82 Å². The number of carbonyl (C=O) groups excluding carboxylic acids is 1. The Balaban J connectivity index is 1.40. The second kappa shape index (κ2) is 10.3. The van der Waals surface area contributed by atoms with E-state index in [0.717, 1.165) is 74.0 Å². The van der Waals surface area contributed by atoms with Crippen LogP contribution in [0.25, 0.3) is 0 Å². The molecule has 1 aromatic carbocycles. The Labute approximate surface area is 202 Å². The number of rotatable bonds is 6. The summed E-state index contributed by atoms with van der Waals surface area (Å²) in [6, 6.07) is 10.3. The van der Waals surface area contributed by atoms with E-state index >= 15 is 0 Å². The first-order valence-corrected chi connectivity index (χ1v) is 12.7. The molecule has 1 amide bonds. The Morgan fingerprint density at radius 2 is 2.03 bits per heavy atom. The van der Waals surface area contributed by atoms with Crippen LogP contribution in [0.2, 0.25) is 0 Å². The van der Waals surface area contributed by atoms with Crippen molar-refractivity contribution in [2.45, 2.75) is 51.7 Å². The summed E-state index contributed by atoms with van der Waals surface area (Å²) in [7, 11) is 1.82. The standard InChI is InChI=1S/C27H36N4O3/c1-3-19-6-7-20(26(19)33-2)8-11-25(32)31-18-21-5-4-12-28-27(21)29-23-10-9-22(17-24(23)31)30-13-15-34-16-14-30/h4-5,9-10,12,17,19-20,26H,3,6-8,11,13-16,18H2,1-2H3,(H,28,29)/t19?,20?,26-/m1/s1. The highest BCUT2D eigenvalue weighted by Crippen LogP contribution is 2.40. The van der Waals surface area contributed by atoms with Gasteiger partial charge in [-0.15, -0.1) is 0 Å². The number of benzene rings is 1. The van der Waals surface area contributed by atoms with Crippen LogP contribution < -0.4 is 15.1 Å². The summed E-state index contributed by atoms with van der Waals surface area (Å²) >= 11 is 0. The fourth-order valence-electron chi connectivity index (χ4n) is 5.87. The predicted molar refractivity (Wildman–Crippen MR) is 135 cm³/mol. The number of pyridine rings is 1. The van der Waals surface area contributed by atoms with Crippen LogP contribution in [0.1, 0.15) is 44.6 Å². The van der Waals surface area contributed by atoms with Gasteiger partial charge in [-0.2, -0.15) is 0 Å². The van der Waals surface area contributed by atoms with Crippen LogP contribution in [-0.2, 0) is 20.8 Å². The highest BCUT2D eigenvalue weighted by atomic mass is 16.5. The van der Waals surface area contributed by atoms with E-state index in [1.807, 2.05) is 24.1 Å². The lowest BCUT2D eigenvalue weighted by Crippen LogP contribution is -2.36. The fourth-order valence-corrected chi connectivity index (χ4v) is 5.87. The van der Waals surface area contributed by atoms with Crippen LogP contribution in [0.5, 0.6) is 0 Å². The van der Waals surface area contributed by atoms with E-state index in [1.165, 1.54) is 6.42 Å². The molecule has 1 saturated carbocycles. The molecule has 3 atom stereocenters. The molecule has 2 fully saturated rings. The summed E-state index contributed by atoms with van der Waals surface area (Å²) in [4.78, 5) is 22.5. The molecule has 1 saturated heterocycles. The van der Waals surface area contributed by atoms with Crippen molar-refractivity contribution >= 4 is 28.8 Å². The van der Waals surface area contributed by atoms with Gasteiger partial charge < -0.3 is 24.6 Å². The molecular formula is C27H36N4O3. The van der Waals surface area contributed by atoms with E-state index in [-0.39, 0.29) is 12.0 Å². The normalized spacial score (nSPS) is 24.2. The van der Waals surface area contributed by atoms with Crippen molar-refractivity contribution < 1.29 is 14.3 Å². The molecular weight excluding hydrogens is 428 g/mol. The van der Waals surface area contributed by atoms with Crippen LogP contribution in [0.15, 0.2) is 36.5 Å². The largest absolute Gasteiger partial charge is 0.381 e. The number of anilines is 4. The quantitative estimate of drug-likeness (QED) is 0.666. The molecule has 1 aromatic heterocycles. The molecule has 0 radical (unpaired) electrons. The van der Waals surface area contributed by atoms with Crippen molar-refractivity contribution in [2.24, 2.45) is 11.8 Å². The third-order valence-electron chi connectivity index (χ3n) is 7.79. The van der Waals surface area contributed by atoms with Crippen molar-refractivity contribution in [1.29, 1.82) is 0 Å². The van der Waals surface area contributed by atoms with Gasteiger partial charge in [0.05, 0.1) is 37.2 Å². The van der Waals surface area contributed by atoms with E-state index in [1.54, 1.807) is 6.20 Å². The van der Waals surface area contributed by atoms with Gasteiger partial charge in [0.2, 0.25) is 5.91 Å². The van der Waals surface area contributed by atoms with Gasteiger partial charge in [0, 0.05) is 44.1 Å². The minimum atomic E-state index is 0.161. The predicted octanol–water partition coefficient (Wildman–Crippen LogP) is 4.74. The Morgan fingerprint density at radius 3 is 2.82 bits per heavy atom. The third-order valence-corrected chi connectivity index (χ3v) is 7.79. The zero-order chi connectivity index (χ0) is 23.5. The van der Waals surface area contributed by atoms with Gasteiger partial charge in [-0.25, -0.2) is 4.98 Å². The monoisotopic (exact) mass is 464 g/mol. The molecule has 2 aromatic rings. The lowest BCUT2D eigenvalue weighted by Gasteiger charge is -2.31. The number of hydrogen-bond acceptors (Lipinski definition) is 6. The smallest absolute Gasteiger partial charge is 0.227 e. The van der Waals surface area contributed by atoms with Crippen molar-refractivity contribution in [3.63, 3.8) is 0 Å². The van der Waals surface area contributed by atoms with Crippen LogP contribution in [0.3, 0.4) is 0 Å². The van der Waals surface area contributed by atoms with Crippen molar-refractivity contribution in [1.82, 2.24) is 4.98 Å². The fraction of sp³-hybridized carbons (Fsp3) is 0.556. The van der Waals surface area contributed by atoms with Crippen molar-refractivity contribution in [2.75, 3.05) is 48.5 Å². The lowest BCUT2D eigenvalue weighted by atomic mass is 9.94. The molecule has 3 heterocycles. The van der Waals surface area contributed by atoms with Gasteiger partial charge in [-0.05, 0) is 55.4 Å². The summed E-state index contributed by atoms with van der Waals surface area (Å²) < 4.78 is 11.4. The molecule has 1 aliphatic carbocycles. The van der Waals surface area contributed by atoms with Crippen LogP contribution in [0, 0.1) is 11.8 Å². The van der Waals surface area contributed by atoms with Crippen molar-refractivity contribution in [3.8, 4) is 0 Å².